The van der Waals surface area contributed by atoms with Gasteiger partial charge in [0.05, 0.1) is 26.1 Å². The highest BCUT2D eigenvalue weighted by molar-refractivity contribution is 4.48. The highest BCUT2D eigenvalue weighted by atomic mass is 19.4. The summed E-state index contributed by atoms with van der Waals surface area (Å²) in [6.07, 6.45) is -10.9. The van der Waals surface area contributed by atoms with Crippen molar-refractivity contribution in [3.05, 3.63) is 0 Å². The van der Waals surface area contributed by atoms with Crippen molar-refractivity contribution in [3.63, 3.8) is 0 Å². The quantitative estimate of drug-likeness (QED) is 0.403. The molecule has 0 heterocycles. The van der Waals surface area contributed by atoms with Crippen LogP contribution in [0.15, 0.2) is 0 Å². The van der Waals surface area contributed by atoms with Crippen LogP contribution in [0.4, 0.5) is 26.3 Å². The molecular formula is C7H10F6O2. The first kappa shape index (κ1) is 14.5. The van der Waals surface area contributed by atoms with Gasteiger partial charge in [0, 0.05) is 0 Å². The van der Waals surface area contributed by atoms with Crippen molar-refractivity contribution in [3.8, 4) is 0 Å². The Hall–Kier alpha value is -0.500. The van der Waals surface area contributed by atoms with Crippen LogP contribution in [0, 0.1) is 0 Å². The first-order valence-electron chi connectivity index (χ1n) is 4.00. The molecule has 2 nitrogen and oxygen atoms in total. The minimum atomic E-state index is -4.33. The second-order valence-corrected chi connectivity index (χ2v) is 2.66. The van der Waals surface area contributed by atoms with Gasteiger partial charge in [0.25, 0.3) is 0 Å². The molecule has 0 atom stereocenters. The van der Waals surface area contributed by atoms with Crippen molar-refractivity contribution in [1.29, 1.82) is 0 Å². The van der Waals surface area contributed by atoms with E-state index in [1.807, 2.05) is 0 Å². The number of ether oxygens (including phenoxy) is 2. The molecule has 0 aliphatic carbocycles. The maximum Gasteiger partial charge on any atom is 0.391 e. The van der Waals surface area contributed by atoms with E-state index in [1.165, 1.54) is 0 Å². The average Bonchev–Trinajstić information content (AvgIpc) is 1.98. The summed E-state index contributed by atoms with van der Waals surface area (Å²) in [4.78, 5) is 0. The van der Waals surface area contributed by atoms with Gasteiger partial charge in [-0.3, -0.25) is 0 Å². The Morgan fingerprint density at radius 2 is 1.00 bits per heavy atom. The first-order valence-corrected chi connectivity index (χ1v) is 4.00. The molecule has 15 heavy (non-hydrogen) atoms. The normalized spacial score (nSPS) is 13.2. The molecule has 8 heteroatoms. The number of hydrogen-bond acceptors (Lipinski definition) is 2. The van der Waals surface area contributed by atoms with E-state index in [0.717, 1.165) is 0 Å². The summed E-state index contributed by atoms with van der Waals surface area (Å²) < 4.78 is 77.7. The van der Waals surface area contributed by atoms with E-state index in [-0.39, 0.29) is 0 Å². The van der Waals surface area contributed by atoms with Gasteiger partial charge < -0.3 is 9.47 Å². The summed E-state index contributed by atoms with van der Waals surface area (Å²) in [5, 5.41) is 0. The minimum Gasteiger partial charge on any atom is -0.355 e. The van der Waals surface area contributed by atoms with Gasteiger partial charge in [-0.2, -0.15) is 26.3 Å². The third-order valence-corrected chi connectivity index (χ3v) is 1.23. The maximum absolute atomic E-state index is 11.5. The van der Waals surface area contributed by atoms with Crippen molar-refractivity contribution in [1.82, 2.24) is 0 Å². The Bertz CT molecular complexity index is 146. The molecule has 0 rings (SSSR count). The molecular weight excluding hydrogens is 230 g/mol. The van der Waals surface area contributed by atoms with Gasteiger partial charge in [0.1, 0.15) is 6.79 Å². The summed E-state index contributed by atoms with van der Waals surface area (Å²) in [6.45, 7) is -1.79. The highest BCUT2D eigenvalue weighted by Crippen LogP contribution is 2.20. The average molecular weight is 240 g/mol. The highest BCUT2D eigenvalue weighted by Gasteiger charge is 2.27. The molecule has 0 aliphatic rings. The van der Waals surface area contributed by atoms with Crippen molar-refractivity contribution >= 4 is 0 Å². The van der Waals surface area contributed by atoms with E-state index < -0.39 is 45.2 Å². The fourth-order valence-electron chi connectivity index (χ4n) is 0.553. The predicted molar refractivity (Wildman–Crippen MR) is 38.1 cm³/mol. The molecule has 0 spiro atoms. The lowest BCUT2D eigenvalue weighted by Gasteiger charge is -2.08. The third-order valence-electron chi connectivity index (χ3n) is 1.23. The largest absolute Gasteiger partial charge is 0.391 e. The summed E-state index contributed by atoms with van der Waals surface area (Å²) in [6, 6.07) is 0. The Balaban J connectivity index is 3.20. The van der Waals surface area contributed by atoms with E-state index >= 15 is 0 Å². The fourth-order valence-corrected chi connectivity index (χ4v) is 0.553. The lowest BCUT2D eigenvalue weighted by molar-refractivity contribution is -0.166. The second-order valence-electron chi connectivity index (χ2n) is 2.66. The lowest BCUT2D eigenvalue weighted by Crippen LogP contribution is -2.15. The zero-order valence-electron chi connectivity index (χ0n) is 7.62. The molecule has 0 N–H and O–H groups in total. The molecule has 92 valence electrons. The van der Waals surface area contributed by atoms with Gasteiger partial charge in [-0.15, -0.1) is 0 Å². The SMILES string of the molecule is FC(F)(F)CCOCOCCC(F)(F)F. The molecule has 0 saturated heterocycles. The van der Waals surface area contributed by atoms with Crippen LogP contribution >= 0.6 is 0 Å². The van der Waals surface area contributed by atoms with Crippen LogP contribution in [-0.4, -0.2) is 32.4 Å². The van der Waals surface area contributed by atoms with Crippen LogP contribution in [0.2, 0.25) is 0 Å². The third kappa shape index (κ3) is 13.5. The van der Waals surface area contributed by atoms with E-state index in [9.17, 15) is 26.3 Å². The van der Waals surface area contributed by atoms with E-state index in [2.05, 4.69) is 9.47 Å². The van der Waals surface area contributed by atoms with Crippen molar-refractivity contribution in [2.24, 2.45) is 0 Å². The summed E-state index contributed by atoms with van der Waals surface area (Å²) in [5.41, 5.74) is 0. The molecule has 0 amide bonds. The van der Waals surface area contributed by atoms with Crippen LogP contribution < -0.4 is 0 Å². The van der Waals surface area contributed by atoms with Gasteiger partial charge in [-0.1, -0.05) is 0 Å². The van der Waals surface area contributed by atoms with Gasteiger partial charge >= 0.3 is 12.4 Å². The first-order chi connectivity index (χ1) is 6.71. The molecule has 0 saturated carbocycles. The zero-order chi connectivity index (χ0) is 11.9. The second kappa shape index (κ2) is 6.16. The molecule has 0 aromatic heterocycles. The van der Waals surface area contributed by atoms with Crippen molar-refractivity contribution in [2.75, 3.05) is 20.0 Å². The van der Waals surface area contributed by atoms with Gasteiger partial charge in [-0.05, 0) is 0 Å². The number of halogens is 6. The maximum atomic E-state index is 11.5. The number of rotatable bonds is 6. The Kier molecular flexibility index (Phi) is 5.96. The Labute approximate surface area is 82.1 Å². The minimum absolute atomic E-state index is 0.563. The Morgan fingerprint density at radius 1 is 0.667 bits per heavy atom. The van der Waals surface area contributed by atoms with Crippen LogP contribution in [0.25, 0.3) is 0 Å². The number of hydrogen-bond donors (Lipinski definition) is 0. The van der Waals surface area contributed by atoms with E-state index in [1.54, 1.807) is 0 Å². The molecule has 0 unspecified atom stereocenters. The van der Waals surface area contributed by atoms with Crippen molar-refractivity contribution < 1.29 is 35.8 Å². The Morgan fingerprint density at radius 3 is 1.27 bits per heavy atom. The van der Waals surface area contributed by atoms with Crippen LogP contribution in [0.1, 0.15) is 12.8 Å². The van der Waals surface area contributed by atoms with Crippen molar-refractivity contribution in [2.45, 2.75) is 25.2 Å². The number of alkyl halides is 6. The fraction of sp³-hybridized carbons (Fsp3) is 1.00. The van der Waals surface area contributed by atoms with Gasteiger partial charge in [-0.25, -0.2) is 0 Å². The zero-order valence-corrected chi connectivity index (χ0v) is 7.62. The topological polar surface area (TPSA) is 18.5 Å². The lowest BCUT2D eigenvalue weighted by atomic mass is 10.4. The summed E-state index contributed by atoms with van der Waals surface area (Å²) in [7, 11) is 0. The smallest absolute Gasteiger partial charge is 0.355 e. The molecule has 0 aromatic rings. The van der Waals surface area contributed by atoms with E-state index in [4.69, 9.17) is 0 Å². The van der Waals surface area contributed by atoms with Crippen LogP contribution in [0.3, 0.4) is 0 Å². The van der Waals surface area contributed by atoms with E-state index in [0.29, 0.717) is 0 Å². The predicted octanol–water partition coefficient (Wildman–Crippen LogP) is 2.88. The molecule has 0 aliphatic heterocycles. The summed E-state index contributed by atoms with van der Waals surface area (Å²) in [5.74, 6) is 0. The van der Waals surface area contributed by atoms with Gasteiger partial charge in [0.15, 0.2) is 0 Å². The van der Waals surface area contributed by atoms with Gasteiger partial charge in [0.2, 0.25) is 0 Å². The molecule has 0 radical (unpaired) electrons. The molecule has 0 bridgehead atoms. The van der Waals surface area contributed by atoms with Crippen LogP contribution in [-0.2, 0) is 9.47 Å². The van der Waals surface area contributed by atoms with Crippen LogP contribution in [0.5, 0.6) is 0 Å². The summed E-state index contributed by atoms with van der Waals surface area (Å²) >= 11 is 0. The molecule has 0 aromatic carbocycles. The monoisotopic (exact) mass is 240 g/mol. The molecule has 0 fully saturated rings. The standard InChI is InChI=1S/C7H10F6O2/c8-6(9,10)1-3-14-5-15-4-2-7(11,12)13/h1-5H2.